The molecule has 0 saturated heterocycles. The van der Waals surface area contributed by atoms with Crippen LogP contribution in [0.1, 0.15) is 47.3 Å². The molecule has 0 aliphatic rings. The smallest absolute Gasteiger partial charge is 0.271 e. The van der Waals surface area contributed by atoms with Gasteiger partial charge in [-0.25, -0.2) is 0 Å². The molecule has 33 heavy (non-hydrogen) atoms. The van der Waals surface area contributed by atoms with Gasteiger partial charge >= 0.3 is 0 Å². The SMILES string of the molecule is COc1ccc(C(CCCOCCCC(c2ccc(OC)cc2)S(=O)(=O)O)S(=O)(=O)O)cc1. The summed E-state index contributed by atoms with van der Waals surface area (Å²) in [6.07, 6.45) is 1.06. The van der Waals surface area contributed by atoms with Crippen LogP contribution in [0.5, 0.6) is 11.5 Å². The minimum absolute atomic E-state index is 0.157. The lowest BCUT2D eigenvalue weighted by Crippen LogP contribution is -2.14. The first-order valence-electron chi connectivity index (χ1n) is 10.3. The highest BCUT2D eigenvalue weighted by Gasteiger charge is 2.26. The fraction of sp³-hybridized carbons (Fsp3) is 0.455. The molecule has 0 aliphatic heterocycles. The molecule has 0 aromatic heterocycles. The Labute approximate surface area is 195 Å². The monoisotopic (exact) mass is 502 g/mol. The summed E-state index contributed by atoms with van der Waals surface area (Å²) in [6, 6.07) is 12.9. The first kappa shape index (κ1) is 27.1. The highest BCUT2D eigenvalue weighted by atomic mass is 32.2. The van der Waals surface area contributed by atoms with E-state index in [1.165, 1.54) is 14.2 Å². The van der Waals surface area contributed by atoms with Crippen LogP contribution in [0.15, 0.2) is 48.5 Å². The number of benzene rings is 2. The lowest BCUT2D eigenvalue weighted by Gasteiger charge is -2.16. The topological polar surface area (TPSA) is 136 Å². The lowest BCUT2D eigenvalue weighted by atomic mass is 10.1. The number of rotatable bonds is 14. The highest BCUT2D eigenvalue weighted by Crippen LogP contribution is 2.29. The summed E-state index contributed by atoms with van der Waals surface area (Å²) >= 11 is 0. The van der Waals surface area contributed by atoms with E-state index in [9.17, 15) is 25.9 Å². The molecular formula is C22H30O9S2. The van der Waals surface area contributed by atoms with Crippen molar-refractivity contribution in [2.24, 2.45) is 0 Å². The summed E-state index contributed by atoms with van der Waals surface area (Å²) < 4.78 is 82.0. The van der Waals surface area contributed by atoms with Gasteiger partial charge in [0, 0.05) is 13.2 Å². The van der Waals surface area contributed by atoms with E-state index in [0.717, 1.165) is 0 Å². The summed E-state index contributed by atoms with van der Waals surface area (Å²) in [6.45, 7) is 0.475. The Kier molecular flexibility index (Phi) is 10.1. The number of ether oxygens (including phenoxy) is 3. The molecule has 9 nitrogen and oxygen atoms in total. The van der Waals surface area contributed by atoms with Gasteiger partial charge in [0.15, 0.2) is 0 Å². The van der Waals surface area contributed by atoms with Crippen molar-refractivity contribution >= 4 is 20.2 Å². The summed E-state index contributed by atoms with van der Waals surface area (Å²) in [5.74, 6) is 1.16. The van der Waals surface area contributed by atoms with Gasteiger partial charge in [-0.05, 0) is 61.1 Å². The minimum Gasteiger partial charge on any atom is -0.497 e. The van der Waals surface area contributed by atoms with Gasteiger partial charge in [-0.1, -0.05) is 24.3 Å². The van der Waals surface area contributed by atoms with Crippen molar-refractivity contribution in [3.63, 3.8) is 0 Å². The fourth-order valence-corrected chi connectivity index (χ4v) is 5.39. The molecule has 0 bridgehead atoms. The Morgan fingerprint density at radius 2 is 1.00 bits per heavy atom. The summed E-state index contributed by atoms with van der Waals surface area (Å²) in [5.41, 5.74) is 0.905. The van der Waals surface area contributed by atoms with Crippen LogP contribution >= 0.6 is 0 Å². The normalized spacial score (nSPS) is 13.9. The predicted molar refractivity (Wildman–Crippen MR) is 124 cm³/mol. The summed E-state index contributed by atoms with van der Waals surface area (Å²) in [5, 5.41) is -2.16. The van der Waals surface area contributed by atoms with Crippen molar-refractivity contribution < 1.29 is 40.2 Å². The Bertz CT molecular complexity index is 976. The van der Waals surface area contributed by atoms with Gasteiger partial charge in [-0.3, -0.25) is 9.11 Å². The van der Waals surface area contributed by atoms with Crippen molar-refractivity contribution in [3.8, 4) is 11.5 Å². The number of methoxy groups -OCH3 is 2. The zero-order chi connectivity index (χ0) is 24.5. The zero-order valence-electron chi connectivity index (χ0n) is 18.6. The molecular weight excluding hydrogens is 472 g/mol. The van der Waals surface area contributed by atoms with Gasteiger partial charge < -0.3 is 14.2 Å². The van der Waals surface area contributed by atoms with Crippen LogP contribution < -0.4 is 9.47 Å². The first-order valence-corrected chi connectivity index (χ1v) is 13.3. The maximum Gasteiger partial charge on any atom is 0.271 e. The van der Waals surface area contributed by atoms with Gasteiger partial charge in [-0.2, -0.15) is 16.8 Å². The Morgan fingerprint density at radius 3 is 1.27 bits per heavy atom. The molecule has 2 rings (SSSR count). The van der Waals surface area contributed by atoms with Crippen molar-refractivity contribution in [2.45, 2.75) is 36.2 Å². The predicted octanol–water partition coefficient (Wildman–Crippen LogP) is 3.84. The quantitative estimate of drug-likeness (QED) is 0.292. The molecule has 0 aliphatic carbocycles. The molecule has 2 aromatic carbocycles. The second kappa shape index (κ2) is 12.3. The van der Waals surface area contributed by atoms with Crippen LogP contribution in [-0.2, 0) is 25.0 Å². The average molecular weight is 503 g/mol. The van der Waals surface area contributed by atoms with Gasteiger partial charge in [0.25, 0.3) is 20.2 Å². The second-order valence-corrected chi connectivity index (χ2v) is 10.6. The van der Waals surface area contributed by atoms with Crippen LogP contribution in [0.25, 0.3) is 0 Å². The lowest BCUT2D eigenvalue weighted by molar-refractivity contribution is 0.126. The molecule has 0 fully saturated rings. The molecule has 2 N–H and O–H groups in total. The molecule has 2 unspecified atom stereocenters. The zero-order valence-corrected chi connectivity index (χ0v) is 20.2. The van der Waals surface area contributed by atoms with Gasteiger partial charge in [0.2, 0.25) is 0 Å². The van der Waals surface area contributed by atoms with E-state index in [4.69, 9.17) is 14.2 Å². The molecule has 0 amide bonds. The minimum atomic E-state index is -4.30. The van der Waals surface area contributed by atoms with E-state index >= 15 is 0 Å². The third-order valence-corrected chi connectivity index (χ3v) is 7.66. The summed E-state index contributed by atoms with van der Waals surface area (Å²) in [4.78, 5) is 0. The molecule has 2 atom stereocenters. The summed E-state index contributed by atoms with van der Waals surface area (Å²) in [7, 11) is -5.59. The first-order chi connectivity index (χ1) is 15.6. The molecule has 0 radical (unpaired) electrons. The molecule has 0 spiro atoms. The van der Waals surface area contributed by atoms with Crippen molar-refractivity contribution in [2.75, 3.05) is 27.4 Å². The van der Waals surface area contributed by atoms with Crippen molar-refractivity contribution in [1.82, 2.24) is 0 Å². The molecule has 0 saturated carbocycles. The third kappa shape index (κ3) is 8.59. The molecule has 184 valence electrons. The van der Waals surface area contributed by atoms with E-state index in [-0.39, 0.29) is 26.1 Å². The molecule has 0 heterocycles. The van der Waals surface area contributed by atoms with Crippen LogP contribution in [-0.4, -0.2) is 53.4 Å². The Morgan fingerprint density at radius 1 is 0.667 bits per heavy atom. The Balaban J connectivity index is 1.82. The average Bonchev–Trinajstić information content (AvgIpc) is 2.77. The largest absolute Gasteiger partial charge is 0.497 e. The van der Waals surface area contributed by atoms with Crippen molar-refractivity contribution in [3.05, 3.63) is 59.7 Å². The van der Waals surface area contributed by atoms with Gasteiger partial charge in [-0.15, -0.1) is 0 Å². The van der Waals surface area contributed by atoms with Crippen LogP contribution in [0, 0.1) is 0 Å². The van der Waals surface area contributed by atoms with E-state index in [2.05, 4.69) is 0 Å². The van der Waals surface area contributed by atoms with E-state index < -0.39 is 30.7 Å². The van der Waals surface area contributed by atoms with Crippen LogP contribution in [0.2, 0.25) is 0 Å². The third-order valence-electron chi connectivity index (χ3n) is 5.20. The van der Waals surface area contributed by atoms with Gasteiger partial charge in [0.05, 0.1) is 14.2 Å². The van der Waals surface area contributed by atoms with E-state index in [1.54, 1.807) is 48.5 Å². The maximum absolute atomic E-state index is 11.8. The number of hydrogen-bond acceptors (Lipinski definition) is 7. The Hall–Kier alpha value is -2.18. The second-order valence-electron chi connectivity index (χ2n) is 7.45. The standard InChI is InChI=1S/C22H30O9S2/c1-29-19-11-7-17(8-12-19)21(32(23,24)25)5-3-15-31-16-4-6-22(33(26,27)28)18-9-13-20(30-2)14-10-18/h7-14,21-22H,3-6,15-16H2,1-2H3,(H,23,24,25)(H,26,27,28). The van der Waals surface area contributed by atoms with Crippen LogP contribution in [0.4, 0.5) is 0 Å². The fourth-order valence-electron chi connectivity index (χ4n) is 3.46. The van der Waals surface area contributed by atoms with Gasteiger partial charge in [0.1, 0.15) is 22.0 Å². The highest BCUT2D eigenvalue weighted by molar-refractivity contribution is 7.86. The maximum atomic E-state index is 11.8. The van der Waals surface area contributed by atoms with E-state index in [0.29, 0.717) is 35.5 Å². The van der Waals surface area contributed by atoms with Crippen molar-refractivity contribution in [1.29, 1.82) is 0 Å². The van der Waals surface area contributed by atoms with E-state index in [1.807, 2.05) is 0 Å². The molecule has 11 heteroatoms. The van der Waals surface area contributed by atoms with Crippen LogP contribution in [0.3, 0.4) is 0 Å². The number of hydrogen-bond donors (Lipinski definition) is 2. The molecule has 2 aromatic rings.